The standard InChI is InChI=1S/C26H27NO/c1-16-15-19-18-11-14-27-22(17-9-7-6-8-10-17)24(18)28-23(19)21-20(16)25(2,3)12-13-26(21,4)5/h6-11,14-15H,12-13H2,1-5H3. The first kappa shape index (κ1) is 17.5. The predicted octanol–water partition coefficient (Wildman–Crippen LogP) is 7.31. The van der Waals surface area contributed by atoms with Gasteiger partial charge in [-0.1, -0.05) is 58.0 Å². The average Bonchev–Trinajstić information content (AvgIpc) is 3.03. The number of benzene rings is 2. The third-order valence-electron chi connectivity index (χ3n) is 6.65. The number of nitrogens with zero attached hydrogens (tertiary/aromatic N) is 1. The summed E-state index contributed by atoms with van der Waals surface area (Å²) in [4.78, 5) is 4.68. The average molecular weight is 370 g/mol. The molecule has 2 heterocycles. The molecule has 0 aliphatic heterocycles. The van der Waals surface area contributed by atoms with E-state index in [1.165, 1.54) is 34.9 Å². The largest absolute Gasteiger partial charge is 0.453 e. The van der Waals surface area contributed by atoms with Crippen LogP contribution in [0.5, 0.6) is 0 Å². The Morgan fingerprint density at radius 2 is 1.50 bits per heavy atom. The number of aryl methyl sites for hydroxylation is 1. The van der Waals surface area contributed by atoms with Crippen molar-refractivity contribution >= 4 is 21.9 Å². The lowest BCUT2D eigenvalue weighted by Gasteiger charge is -2.42. The van der Waals surface area contributed by atoms with Crippen LogP contribution in [0.25, 0.3) is 33.2 Å². The third-order valence-corrected chi connectivity index (χ3v) is 6.65. The van der Waals surface area contributed by atoms with E-state index in [-0.39, 0.29) is 10.8 Å². The maximum atomic E-state index is 6.66. The minimum Gasteiger partial charge on any atom is -0.453 e. The Kier molecular flexibility index (Phi) is 3.56. The van der Waals surface area contributed by atoms with Crippen LogP contribution in [0, 0.1) is 6.92 Å². The van der Waals surface area contributed by atoms with Gasteiger partial charge >= 0.3 is 0 Å². The molecule has 5 rings (SSSR count). The van der Waals surface area contributed by atoms with E-state index in [1.54, 1.807) is 0 Å². The van der Waals surface area contributed by atoms with E-state index in [0.29, 0.717) is 0 Å². The Balaban J connectivity index is 1.93. The maximum Gasteiger partial charge on any atom is 0.161 e. The molecule has 0 fully saturated rings. The number of hydrogen-bond donors (Lipinski definition) is 0. The van der Waals surface area contributed by atoms with Crippen molar-refractivity contribution in [1.29, 1.82) is 0 Å². The zero-order valence-corrected chi connectivity index (χ0v) is 17.4. The first-order valence-electron chi connectivity index (χ1n) is 10.2. The Morgan fingerprint density at radius 1 is 0.821 bits per heavy atom. The Hall–Kier alpha value is -2.61. The predicted molar refractivity (Wildman–Crippen MR) is 117 cm³/mol. The zero-order valence-electron chi connectivity index (χ0n) is 17.4. The van der Waals surface area contributed by atoms with Crippen LogP contribution in [0.4, 0.5) is 0 Å². The summed E-state index contributed by atoms with van der Waals surface area (Å²) in [6, 6.07) is 14.8. The highest BCUT2D eigenvalue weighted by atomic mass is 16.3. The lowest BCUT2D eigenvalue weighted by atomic mass is 9.61. The molecule has 0 unspecified atom stereocenters. The second-order valence-electron chi connectivity index (χ2n) is 9.59. The molecule has 0 saturated heterocycles. The first-order chi connectivity index (χ1) is 13.3. The number of aromatic nitrogens is 1. The highest BCUT2D eigenvalue weighted by Crippen LogP contribution is 2.51. The highest BCUT2D eigenvalue weighted by molar-refractivity contribution is 6.10. The highest BCUT2D eigenvalue weighted by Gasteiger charge is 2.40. The summed E-state index contributed by atoms with van der Waals surface area (Å²) in [5.41, 5.74) is 8.49. The number of pyridine rings is 1. The molecule has 0 spiro atoms. The van der Waals surface area contributed by atoms with Crippen molar-refractivity contribution in [2.75, 3.05) is 0 Å². The Bertz CT molecular complexity index is 1210. The lowest BCUT2D eigenvalue weighted by molar-refractivity contribution is 0.330. The minimum absolute atomic E-state index is 0.101. The molecule has 2 heteroatoms. The molecule has 28 heavy (non-hydrogen) atoms. The van der Waals surface area contributed by atoms with Gasteiger partial charge in [-0.2, -0.15) is 0 Å². The SMILES string of the molecule is Cc1cc2c(oc3c(-c4ccccc4)nccc32)c2c1C(C)(C)CCC2(C)C. The van der Waals surface area contributed by atoms with Crippen LogP contribution in [0.2, 0.25) is 0 Å². The van der Waals surface area contributed by atoms with E-state index < -0.39 is 0 Å². The van der Waals surface area contributed by atoms with Crippen LogP contribution >= 0.6 is 0 Å². The second kappa shape index (κ2) is 5.70. The molecule has 142 valence electrons. The summed E-state index contributed by atoms with van der Waals surface area (Å²) >= 11 is 0. The molecule has 0 bridgehead atoms. The number of rotatable bonds is 1. The van der Waals surface area contributed by atoms with Gasteiger partial charge in [-0.05, 0) is 53.9 Å². The lowest BCUT2D eigenvalue weighted by Crippen LogP contribution is -2.34. The molecule has 1 aliphatic carbocycles. The van der Waals surface area contributed by atoms with E-state index in [0.717, 1.165) is 27.8 Å². The monoisotopic (exact) mass is 369 g/mol. The molecule has 0 N–H and O–H groups in total. The Morgan fingerprint density at radius 3 is 2.21 bits per heavy atom. The molecule has 2 nitrogen and oxygen atoms in total. The van der Waals surface area contributed by atoms with Gasteiger partial charge in [0.25, 0.3) is 0 Å². The van der Waals surface area contributed by atoms with Crippen LogP contribution in [0.3, 0.4) is 0 Å². The van der Waals surface area contributed by atoms with E-state index in [4.69, 9.17) is 4.42 Å². The minimum atomic E-state index is 0.101. The smallest absolute Gasteiger partial charge is 0.161 e. The Labute approximate surface area is 166 Å². The molecule has 0 radical (unpaired) electrons. The zero-order chi connectivity index (χ0) is 19.7. The molecule has 2 aromatic heterocycles. The van der Waals surface area contributed by atoms with Crippen molar-refractivity contribution in [1.82, 2.24) is 4.98 Å². The van der Waals surface area contributed by atoms with Gasteiger partial charge in [0.1, 0.15) is 11.3 Å². The quantitative estimate of drug-likeness (QED) is 0.352. The van der Waals surface area contributed by atoms with E-state index in [2.05, 4.69) is 76.0 Å². The van der Waals surface area contributed by atoms with Crippen LogP contribution in [0.1, 0.15) is 57.2 Å². The molecule has 0 amide bonds. The van der Waals surface area contributed by atoms with Crippen LogP contribution in [-0.2, 0) is 10.8 Å². The van der Waals surface area contributed by atoms with Gasteiger partial charge < -0.3 is 4.42 Å². The van der Waals surface area contributed by atoms with Crippen LogP contribution in [0.15, 0.2) is 53.1 Å². The van der Waals surface area contributed by atoms with Crippen molar-refractivity contribution < 1.29 is 4.42 Å². The summed E-state index contributed by atoms with van der Waals surface area (Å²) in [5, 5.41) is 2.38. The fourth-order valence-electron chi connectivity index (χ4n) is 5.17. The van der Waals surface area contributed by atoms with Gasteiger partial charge in [0.2, 0.25) is 0 Å². The van der Waals surface area contributed by atoms with Crippen molar-refractivity contribution in [3.05, 3.63) is 65.4 Å². The summed E-state index contributed by atoms with van der Waals surface area (Å²) in [5.74, 6) is 0. The van der Waals surface area contributed by atoms with Gasteiger partial charge in [-0.25, -0.2) is 0 Å². The van der Waals surface area contributed by atoms with Crippen molar-refractivity contribution in [3.8, 4) is 11.3 Å². The van der Waals surface area contributed by atoms with Crippen LogP contribution < -0.4 is 0 Å². The first-order valence-corrected chi connectivity index (χ1v) is 10.2. The topological polar surface area (TPSA) is 26.0 Å². The molecule has 0 atom stereocenters. The number of fused-ring (bicyclic) bond motifs is 5. The van der Waals surface area contributed by atoms with Crippen molar-refractivity contribution in [2.24, 2.45) is 0 Å². The van der Waals surface area contributed by atoms with Gasteiger partial charge in [0.15, 0.2) is 5.58 Å². The number of furan rings is 1. The van der Waals surface area contributed by atoms with Gasteiger partial charge in [0.05, 0.1) is 0 Å². The van der Waals surface area contributed by atoms with Gasteiger partial charge in [-0.3, -0.25) is 4.98 Å². The van der Waals surface area contributed by atoms with Gasteiger partial charge in [0, 0.05) is 28.1 Å². The summed E-state index contributed by atoms with van der Waals surface area (Å²) in [6.45, 7) is 11.7. The molecular weight excluding hydrogens is 342 g/mol. The van der Waals surface area contributed by atoms with Crippen molar-refractivity contribution in [3.63, 3.8) is 0 Å². The molecule has 2 aromatic carbocycles. The molecule has 1 aliphatic rings. The summed E-state index contributed by atoms with van der Waals surface area (Å²) in [7, 11) is 0. The summed E-state index contributed by atoms with van der Waals surface area (Å²) < 4.78 is 6.66. The normalized spacial score (nSPS) is 17.8. The van der Waals surface area contributed by atoms with E-state index in [9.17, 15) is 0 Å². The van der Waals surface area contributed by atoms with E-state index >= 15 is 0 Å². The maximum absolute atomic E-state index is 6.66. The second-order valence-corrected chi connectivity index (χ2v) is 9.59. The fraction of sp³-hybridized carbons (Fsp3) is 0.346. The third kappa shape index (κ3) is 2.37. The van der Waals surface area contributed by atoms with E-state index in [1.807, 2.05) is 12.3 Å². The number of hydrogen-bond acceptors (Lipinski definition) is 2. The fourth-order valence-corrected chi connectivity index (χ4v) is 5.17. The summed E-state index contributed by atoms with van der Waals surface area (Å²) in [6.07, 6.45) is 4.28. The van der Waals surface area contributed by atoms with Crippen LogP contribution in [-0.4, -0.2) is 4.98 Å². The molecule has 4 aromatic rings. The molecule has 0 saturated carbocycles. The van der Waals surface area contributed by atoms with Gasteiger partial charge in [-0.15, -0.1) is 0 Å². The van der Waals surface area contributed by atoms with Crippen molar-refractivity contribution in [2.45, 2.75) is 58.3 Å². The molecular formula is C26H27NO.